The Hall–Kier alpha value is -4.74. The Morgan fingerprint density at radius 3 is 1.09 bits per heavy atom. The van der Waals surface area contributed by atoms with Gasteiger partial charge < -0.3 is 34.3 Å². The van der Waals surface area contributed by atoms with Crippen molar-refractivity contribution in [2.24, 2.45) is 0 Å². The summed E-state index contributed by atoms with van der Waals surface area (Å²) in [5.41, 5.74) is 1.34. The topological polar surface area (TPSA) is 275 Å². The van der Waals surface area contributed by atoms with Gasteiger partial charge in [0.1, 0.15) is 9.79 Å². The van der Waals surface area contributed by atoms with Crippen molar-refractivity contribution in [3.63, 3.8) is 0 Å². The van der Waals surface area contributed by atoms with Gasteiger partial charge in [-0.3, -0.25) is 9.11 Å². The Morgan fingerprint density at radius 2 is 0.778 bits per heavy atom. The molecule has 0 aliphatic heterocycles. The quantitative estimate of drug-likeness (QED) is 0.0434. The molecule has 0 atom stereocenters. The van der Waals surface area contributed by atoms with Crippen LogP contribution >= 0.6 is 0 Å². The van der Waals surface area contributed by atoms with E-state index in [9.17, 15) is 36.2 Å². The fourth-order valence-corrected chi connectivity index (χ4v) is 6.06. The van der Waals surface area contributed by atoms with Crippen LogP contribution in [0.5, 0.6) is 12.0 Å². The minimum atomic E-state index is -4.84. The molecular weight excluding hydrogens is 763 g/mol. The number of anilines is 8. The zero-order valence-electron chi connectivity index (χ0n) is 30.3. The van der Waals surface area contributed by atoms with E-state index in [4.69, 9.17) is 0 Å². The van der Waals surface area contributed by atoms with Gasteiger partial charge >= 0.3 is 71.1 Å². The minimum Gasteiger partial charge on any atom is -1.00 e. The first-order valence-electron chi connectivity index (χ1n) is 14.8. The van der Waals surface area contributed by atoms with Gasteiger partial charge in [0.05, 0.1) is 0 Å². The molecule has 6 aromatic rings. The number of rotatable bonds is 12. The van der Waals surface area contributed by atoms with E-state index in [1.807, 2.05) is 12.1 Å². The Morgan fingerprint density at radius 1 is 0.463 bits per heavy atom. The molecule has 2 heterocycles. The van der Waals surface area contributed by atoms with E-state index in [0.29, 0.717) is 11.4 Å². The van der Waals surface area contributed by atoms with Gasteiger partial charge in [0, 0.05) is 22.7 Å². The fourth-order valence-electron chi connectivity index (χ4n) is 4.64. The van der Waals surface area contributed by atoms with Gasteiger partial charge in [-0.25, -0.2) is 0 Å². The second-order valence-corrected chi connectivity index (χ2v) is 13.4. The van der Waals surface area contributed by atoms with Crippen molar-refractivity contribution in [1.29, 1.82) is 0 Å². The van der Waals surface area contributed by atoms with Crippen LogP contribution < -0.4 is 80.4 Å². The molecule has 0 amide bonds. The molecule has 0 aliphatic rings. The summed E-state index contributed by atoms with van der Waals surface area (Å²) in [7, 11) is -9.69. The molecule has 0 fully saturated rings. The number of para-hydroxylation sites is 2. The van der Waals surface area contributed by atoms with E-state index in [-0.39, 0.29) is 108 Å². The largest absolute Gasteiger partial charge is 1.00 e. The number of hydrogen-bond donors (Lipinski definition) is 8. The third-order valence-corrected chi connectivity index (χ3v) is 8.66. The molecule has 2 aromatic heterocycles. The Kier molecular flexibility index (Phi) is 14.0. The van der Waals surface area contributed by atoms with Crippen molar-refractivity contribution < 1.29 is 98.1 Å². The summed E-state index contributed by atoms with van der Waals surface area (Å²) in [6, 6.07) is 24.0. The Bertz CT molecular complexity index is 2360. The summed E-state index contributed by atoms with van der Waals surface area (Å²) < 4.78 is 69.6. The summed E-state index contributed by atoms with van der Waals surface area (Å²) in [6.07, 6.45) is 2.43. The van der Waals surface area contributed by atoms with Crippen molar-refractivity contribution >= 4 is 78.9 Å². The summed E-state index contributed by atoms with van der Waals surface area (Å²) in [6.45, 7) is 0. The van der Waals surface area contributed by atoms with Crippen LogP contribution in [0.4, 0.5) is 46.5 Å². The third kappa shape index (κ3) is 11.4. The summed E-state index contributed by atoms with van der Waals surface area (Å²) >= 11 is 0. The molecule has 22 heteroatoms. The van der Waals surface area contributed by atoms with E-state index >= 15 is 0 Å². The first-order chi connectivity index (χ1) is 24.8. The fraction of sp³-hybridized carbons (Fsp3) is 0. The predicted molar refractivity (Wildman–Crippen MR) is 193 cm³/mol. The minimum absolute atomic E-state index is 0. The van der Waals surface area contributed by atoms with Crippen molar-refractivity contribution in [2.75, 3.05) is 21.3 Å². The number of nitrogens with one attached hydrogen (secondary N) is 4. The van der Waals surface area contributed by atoms with Crippen molar-refractivity contribution in [3.8, 4) is 12.0 Å². The molecule has 8 N–H and O–H groups in total. The number of aromatic hydroxyl groups is 2. The molecule has 6 rings (SSSR count). The van der Waals surface area contributed by atoms with E-state index < -0.39 is 42.0 Å². The Labute approximate surface area is 355 Å². The van der Waals surface area contributed by atoms with Gasteiger partial charge in [-0.1, -0.05) is 60.7 Å². The monoisotopic (exact) mass is 790 g/mol. The maximum absolute atomic E-state index is 12.4. The first kappa shape index (κ1) is 42.0. The van der Waals surface area contributed by atoms with Gasteiger partial charge in [0.25, 0.3) is 20.2 Å². The molecule has 268 valence electrons. The van der Waals surface area contributed by atoms with Crippen molar-refractivity contribution in [3.05, 3.63) is 108 Å². The zero-order chi connectivity index (χ0) is 36.9. The van der Waals surface area contributed by atoms with E-state index in [1.165, 1.54) is 36.4 Å². The molecule has 0 saturated heterocycles. The molecule has 4 aromatic carbocycles. The maximum atomic E-state index is 12.4. The summed E-state index contributed by atoms with van der Waals surface area (Å²) in [5, 5.41) is 31.3. The number of aromatic nitrogens is 6. The first-order valence-corrected chi connectivity index (χ1v) is 17.7. The van der Waals surface area contributed by atoms with Crippen molar-refractivity contribution in [1.82, 2.24) is 29.9 Å². The SMILES string of the molecule is O=S(=O)(O)c1cc(Nc2nc(O)nc(Nc3ccccc3)n2)ccc1/C=C/c1ccc(Nc2nc(O)nc(Nc3ccccc3)n2)cc1S(=O)(=O)O.[H-].[H-].[Na+].[Na+]. The molecular formula is C32H28N10Na2O8S2. The van der Waals surface area contributed by atoms with Crippen LogP contribution in [-0.4, -0.2) is 66.1 Å². The molecule has 54 heavy (non-hydrogen) atoms. The number of benzene rings is 4. The molecule has 18 nitrogen and oxygen atoms in total. The van der Waals surface area contributed by atoms with Crippen LogP contribution in [0.1, 0.15) is 14.0 Å². The molecule has 0 bridgehead atoms. The second-order valence-electron chi connectivity index (χ2n) is 10.6. The number of hydrogen-bond acceptors (Lipinski definition) is 16. The molecule has 0 saturated carbocycles. The molecule has 0 unspecified atom stereocenters. The smallest absolute Gasteiger partial charge is 1.00 e. The van der Waals surface area contributed by atoms with Gasteiger partial charge in [-0.05, 0) is 59.7 Å². The van der Waals surface area contributed by atoms with Crippen LogP contribution in [0.15, 0.2) is 107 Å². The average Bonchev–Trinajstić information content (AvgIpc) is 3.07. The molecule has 0 spiro atoms. The van der Waals surface area contributed by atoms with Crippen LogP contribution in [0.25, 0.3) is 12.2 Å². The Balaban J connectivity index is 0.00000271. The second kappa shape index (κ2) is 18.1. The van der Waals surface area contributed by atoms with Crippen molar-refractivity contribution in [2.45, 2.75) is 9.79 Å². The van der Waals surface area contributed by atoms with Crippen LogP contribution in [0.2, 0.25) is 0 Å². The summed E-state index contributed by atoms with van der Waals surface area (Å²) in [5.74, 6) is -0.332. The third-order valence-electron chi connectivity index (χ3n) is 6.84. The van der Waals surface area contributed by atoms with E-state index in [0.717, 1.165) is 12.1 Å². The molecule has 0 aliphatic carbocycles. The van der Waals surface area contributed by atoms with Gasteiger partial charge in [0.15, 0.2) is 0 Å². The zero-order valence-corrected chi connectivity index (χ0v) is 33.9. The van der Waals surface area contributed by atoms with Gasteiger partial charge in [0.2, 0.25) is 23.8 Å². The average molecular weight is 791 g/mol. The molecule has 0 radical (unpaired) electrons. The standard InChI is InChI=1S/C32H26N10O8S2.2Na.2H/c43-31-39-27(33-21-7-3-1-4-8-21)37-29(41-31)35-23-15-13-19(25(17-23)51(45,46)47)11-12-20-14-16-24(18-26(20)52(48,49)50)36-30-38-28(40-32(44)42-30)34-22-9-5-2-6-10-22;;;;/h1-18H,(H,45,46,47)(H,48,49,50)(H3,33,35,37,39,41,43)(H3,34,36,38,40,42,44);;;;/q;2*+1;2*-1/b12-11+;;;;. The van der Waals surface area contributed by atoms with Gasteiger partial charge in [-0.2, -0.15) is 46.7 Å². The van der Waals surface area contributed by atoms with Crippen LogP contribution in [0.3, 0.4) is 0 Å². The van der Waals surface area contributed by atoms with Gasteiger partial charge in [-0.15, -0.1) is 0 Å². The predicted octanol–water partition coefficient (Wildman–Crippen LogP) is -0.661. The normalized spacial score (nSPS) is 11.2. The summed E-state index contributed by atoms with van der Waals surface area (Å²) in [4.78, 5) is 22.4. The van der Waals surface area contributed by atoms with Crippen LogP contribution in [-0.2, 0) is 20.2 Å². The van der Waals surface area contributed by atoms with Crippen LogP contribution in [0, 0.1) is 0 Å². The maximum Gasteiger partial charge on any atom is 1.00 e. The van der Waals surface area contributed by atoms with E-state index in [1.54, 1.807) is 48.5 Å². The van der Waals surface area contributed by atoms with E-state index in [2.05, 4.69) is 51.2 Å². The number of nitrogens with zero attached hydrogens (tertiary/aromatic N) is 6.